The van der Waals surface area contributed by atoms with E-state index >= 15 is 0 Å². The van der Waals surface area contributed by atoms with Crippen LogP contribution in [0.3, 0.4) is 0 Å². The van der Waals surface area contributed by atoms with Crippen molar-refractivity contribution < 1.29 is 13.9 Å². The van der Waals surface area contributed by atoms with Crippen molar-refractivity contribution >= 4 is 22.9 Å². The highest BCUT2D eigenvalue weighted by molar-refractivity contribution is 7.09. The molecule has 3 aromatic rings. The van der Waals surface area contributed by atoms with Gasteiger partial charge in [0.15, 0.2) is 0 Å². The van der Waals surface area contributed by atoms with Gasteiger partial charge in [0.05, 0.1) is 12.1 Å². The maximum atomic E-state index is 12.8. The first-order valence-electron chi connectivity index (χ1n) is 7.77. The monoisotopic (exact) mass is 356 g/mol. The Labute approximate surface area is 149 Å². The van der Waals surface area contributed by atoms with Gasteiger partial charge in [-0.05, 0) is 43.3 Å². The minimum atomic E-state index is -0.302. The Bertz CT molecular complexity index is 845. The van der Waals surface area contributed by atoms with E-state index in [9.17, 15) is 9.18 Å². The molecule has 0 aliphatic carbocycles. The molecule has 6 heteroatoms. The number of amides is 1. The van der Waals surface area contributed by atoms with E-state index in [4.69, 9.17) is 4.74 Å². The highest BCUT2D eigenvalue weighted by Gasteiger charge is 2.09. The maximum absolute atomic E-state index is 12.8. The van der Waals surface area contributed by atoms with Crippen LogP contribution in [0, 0.1) is 12.7 Å². The van der Waals surface area contributed by atoms with Gasteiger partial charge in [-0.2, -0.15) is 0 Å². The largest absolute Gasteiger partial charge is 0.486 e. The maximum Gasteiger partial charge on any atom is 0.230 e. The fourth-order valence-electron chi connectivity index (χ4n) is 2.18. The van der Waals surface area contributed by atoms with Gasteiger partial charge in [-0.3, -0.25) is 4.79 Å². The molecule has 0 saturated heterocycles. The predicted molar refractivity (Wildman–Crippen MR) is 96.4 cm³/mol. The van der Waals surface area contributed by atoms with Crippen molar-refractivity contribution in [1.82, 2.24) is 4.98 Å². The summed E-state index contributed by atoms with van der Waals surface area (Å²) in [6.45, 7) is 2.28. The van der Waals surface area contributed by atoms with Gasteiger partial charge in [-0.15, -0.1) is 11.3 Å². The van der Waals surface area contributed by atoms with Gasteiger partial charge >= 0.3 is 0 Å². The minimum Gasteiger partial charge on any atom is -0.486 e. The Balaban J connectivity index is 1.51. The zero-order valence-electron chi connectivity index (χ0n) is 13.7. The lowest BCUT2D eigenvalue weighted by Gasteiger charge is -2.04. The van der Waals surface area contributed by atoms with E-state index in [-0.39, 0.29) is 24.8 Å². The van der Waals surface area contributed by atoms with Gasteiger partial charge < -0.3 is 10.1 Å². The van der Waals surface area contributed by atoms with Crippen molar-refractivity contribution in [3.8, 4) is 5.75 Å². The average molecular weight is 356 g/mol. The average Bonchev–Trinajstić information content (AvgIpc) is 3.04. The fraction of sp³-hybridized carbons (Fsp3) is 0.158. The molecule has 0 bridgehead atoms. The van der Waals surface area contributed by atoms with E-state index in [1.807, 2.05) is 36.6 Å². The number of anilines is 1. The number of ether oxygens (including phenoxy) is 1. The summed E-state index contributed by atoms with van der Waals surface area (Å²) in [5, 5.41) is 5.46. The molecule has 25 heavy (non-hydrogen) atoms. The summed E-state index contributed by atoms with van der Waals surface area (Å²) in [7, 11) is 0. The molecule has 3 rings (SSSR count). The molecule has 0 fully saturated rings. The molecule has 0 aliphatic rings. The summed E-state index contributed by atoms with van der Waals surface area (Å²) in [4.78, 5) is 16.5. The smallest absolute Gasteiger partial charge is 0.230 e. The predicted octanol–water partition coefficient (Wildman–Crippen LogP) is 4.35. The van der Waals surface area contributed by atoms with E-state index in [1.54, 1.807) is 12.1 Å². The standard InChI is InChI=1S/C19H17FN2O2S/c1-13-2-6-15(7-3-13)21-18(23)10-16-12-25-19(22-16)11-24-17-8-4-14(20)5-9-17/h2-9,12H,10-11H2,1H3,(H,21,23). The SMILES string of the molecule is Cc1ccc(NC(=O)Cc2csc(COc3ccc(F)cc3)n2)cc1. The zero-order chi connectivity index (χ0) is 17.6. The summed E-state index contributed by atoms with van der Waals surface area (Å²) in [6.07, 6.45) is 0.209. The number of halogens is 1. The third kappa shape index (κ3) is 5.12. The molecule has 0 aliphatic heterocycles. The molecule has 0 radical (unpaired) electrons. The van der Waals surface area contributed by atoms with Crippen LogP contribution in [0.1, 0.15) is 16.3 Å². The van der Waals surface area contributed by atoms with Gasteiger partial charge in [0, 0.05) is 11.1 Å². The van der Waals surface area contributed by atoms with E-state index < -0.39 is 0 Å². The molecular formula is C19H17FN2O2S. The Morgan fingerprint density at radius 2 is 1.88 bits per heavy atom. The van der Waals surface area contributed by atoms with Crippen molar-refractivity contribution in [3.05, 3.63) is 76.0 Å². The summed E-state index contributed by atoms with van der Waals surface area (Å²) in [6, 6.07) is 13.5. The number of nitrogens with one attached hydrogen (secondary N) is 1. The molecule has 1 aromatic heterocycles. The van der Waals surface area contributed by atoms with E-state index in [0.717, 1.165) is 16.3 Å². The molecular weight excluding hydrogens is 339 g/mol. The number of rotatable bonds is 6. The van der Waals surface area contributed by atoms with Crippen LogP contribution < -0.4 is 10.1 Å². The van der Waals surface area contributed by atoms with Crippen LogP contribution in [0.25, 0.3) is 0 Å². The van der Waals surface area contributed by atoms with E-state index in [1.165, 1.54) is 23.5 Å². The molecule has 1 heterocycles. The van der Waals surface area contributed by atoms with Crippen molar-refractivity contribution in [3.63, 3.8) is 0 Å². The fourth-order valence-corrected chi connectivity index (χ4v) is 2.88. The van der Waals surface area contributed by atoms with Crippen LogP contribution >= 0.6 is 11.3 Å². The molecule has 0 atom stereocenters. The lowest BCUT2D eigenvalue weighted by Crippen LogP contribution is -2.14. The van der Waals surface area contributed by atoms with Crippen molar-refractivity contribution in [2.45, 2.75) is 20.0 Å². The first-order chi connectivity index (χ1) is 12.1. The summed E-state index contributed by atoms with van der Waals surface area (Å²) in [5.41, 5.74) is 2.61. The first-order valence-corrected chi connectivity index (χ1v) is 8.64. The van der Waals surface area contributed by atoms with Crippen LogP contribution in [0.2, 0.25) is 0 Å². The Hall–Kier alpha value is -2.73. The van der Waals surface area contributed by atoms with Crippen LogP contribution in [0.15, 0.2) is 53.9 Å². The van der Waals surface area contributed by atoms with Crippen LogP contribution in [-0.2, 0) is 17.8 Å². The summed E-state index contributed by atoms with van der Waals surface area (Å²) < 4.78 is 18.4. The Morgan fingerprint density at radius 1 is 1.16 bits per heavy atom. The second kappa shape index (κ2) is 7.90. The van der Waals surface area contributed by atoms with Gasteiger partial charge in [0.2, 0.25) is 5.91 Å². The van der Waals surface area contributed by atoms with Crippen LogP contribution in [0.5, 0.6) is 5.75 Å². The second-order valence-electron chi connectivity index (χ2n) is 5.57. The van der Waals surface area contributed by atoms with Gasteiger partial charge in [-0.25, -0.2) is 9.37 Å². The van der Waals surface area contributed by atoms with Crippen molar-refractivity contribution in [2.24, 2.45) is 0 Å². The minimum absolute atomic E-state index is 0.111. The molecule has 128 valence electrons. The summed E-state index contributed by atoms with van der Waals surface area (Å²) in [5.74, 6) is 0.166. The number of carbonyl (C=O) groups excluding carboxylic acids is 1. The number of hydrogen-bond acceptors (Lipinski definition) is 4. The third-order valence-corrected chi connectivity index (χ3v) is 4.32. The van der Waals surface area contributed by atoms with Gasteiger partial charge in [-0.1, -0.05) is 17.7 Å². The lowest BCUT2D eigenvalue weighted by molar-refractivity contribution is -0.115. The number of benzene rings is 2. The zero-order valence-corrected chi connectivity index (χ0v) is 14.5. The number of thiazole rings is 1. The highest BCUT2D eigenvalue weighted by Crippen LogP contribution is 2.17. The van der Waals surface area contributed by atoms with Crippen LogP contribution in [-0.4, -0.2) is 10.9 Å². The first kappa shape index (κ1) is 17.1. The third-order valence-electron chi connectivity index (χ3n) is 3.45. The Morgan fingerprint density at radius 3 is 2.60 bits per heavy atom. The number of aryl methyl sites for hydroxylation is 1. The number of hydrogen-bond donors (Lipinski definition) is 1. The van der Waals surface area contributed by atoms with Crippen molar-refractivity contribution in [1.29, 1.82) is 0 Å². The topological polar surface area (TPSA) is 51.2 Å². The molecule has 0 saturated carbocycles. The van der Waals surface area contributed by atoms with Crippen molar-refractivity contribution in [2.75, 3.05) is 5.32 Å². The number of aromatic nitrogens is 1. The molecule has 0 unspecified atom stereocenters. The van der Waals surface area contributed by atoms with Gasteiger partial charge in [0.1, 0.15) is 23.2 Å². The van der Waals surface area contributed by atoms with E-state index in [2.05, 4.69) is 10.3 Å². The molecule has 2 aromatic carbocycles. The van der Waals surface area contributed by atoms with E-state index in [0.29, 0.717) is 11.4 Å². The lowest BCUT2D eigenvalue weighted by atomic mass is 10.2. The molecule has 4 nitrogen and oxygen atoms in total. The normalized spacial score (nSPS) is 10.5. The molecule has 1 amide bonds. The highest BCUT2D eigenvalue weighted by atomic mass is 32.1. The Kier molecular flexibility index (Phi) is 5.40. The molecule has 1 N–H and O–H groups in total. The quantitative estimate of drug-likeness (QED) is 0.714. The molecule has 0 spiro atoms. The summed E-state index contributed by atoms with van der Waals surface area (Å²) >= 11 is 1.43. The van der Waals surface area contributed by atoms with Crippen LogP contribution in [0.4, 0.5) is 10.1 Å². The second-order valence-corrected chi connectivity index (χ2v) is 6.51. The number of carbonyl (C=O) groups is 1. The van der Waals surface area contributed by atoms with Gasteiger partial charge in [0.25, 0.3) is 0 Å². The number of nitrogens with zero attached hydrogens (tertiary/aromatic N) is 1.